The molecule has 0 unspecified atom stereocenters. The van der Waals surface area contributed by atoms with Crippen LogP contribution in [0.2, 0.25) is 0 Å². The molecule has 38 heavy (non-hydrogen) atoms. The molecular weight excluding hydrogens is 524 g/mol. The summed E-state index contributed by atoms with van der Waals surface area (Å²) in [7, 11) is 1.86. The maximum atomic E-state index is 13.1. The molecule has 3 aromatic rings. The second kappa shape index (κ2) is 12.0. The fourth-order valence-electron chi connectivity index (χ4n) is 5.08. The molecule has 0 aromatic carbocycles. The number of aryl methyl sites for hydroxylation is 1. The van der Waals surface area contributed by atoms with E-state index in [1.165, 1.54) is 28.0 Å². The highest BCUT2D eigenvalue weighted by molar-refractivity contribution is 7.99. The number of aromatic nitrogens is 5. The van der Waals surface area contributed by atoms with Crippen molar-refractivity contribution in [1.82, 2.24) is 24.5 Å². The Kier molecular flexibility index (Phi) is 8.49. The lowest BCUT2D eigenvalue weighted by molar-refractivity contribution is -0.113. The summed E-state index contributed by atoms with van der Waals surface area (Å²) in [4.78, 5) is 27.1. The number of amides is 1. The first kappa shape index (κ1) is 26.9. The zero-order valence-corrected chi connectivity index (χ0v) is 23.7. The highest BCUT2D eigenvalue weighted by Crippen LogP contribution is 2.41. The van der Waals surface area contributed by atoms with Crippen molar-refractivity contribution >= 4 is 40.0 Å². The molecule has 0 spiro atoms. The summed E-state index contributed by atoms with van der Waals surface area (Å²) >= 11 is 2.83. The second-order valence-electron chi connectivity index (χ2n) is 9.71. The van der Waals surface area contributed by atoms with E-state index < -0.39 is 0 Å². The fraction of sp³-hybridized carbons (Fsp3) is 0.577. The van der Waals surface area contributed by atoms with E-state index in [0.717, 1.165) is 56.4 Å². The number of nitrogens with zero attached hydrogens (tertiary/aromatic N) is 5. The van der Waals surface area contributed by atoms with Crippen LogP contribution in [-0.2, 0) is 40.7 Å². The van der Waals surface area contributed by atoms with E-state index in [2.05, 4.69) is 27.5 Å². The SMILES string of the molecule is CCOC(=O)c1c(NC(=O)CSc2nnc(-c3ccn(C)n3)n2C[C@H]2CCCO2)sc2c1CC[C@@H](CC)C2. The van der Waals surface area contributed by atoms with Gasteiger partial charge in [0.15, 0.2) is 11.0 Å². The van der Waals surface area contributed by atoms with Gasteiger partial charge in [0.1, 0.15) is 10.7 Å². The van der Waals surface area contributed by atoms with Crippen LogP contribution in [-0.4, -0.2) is 61.5 Å². The summed E-state index contributed by atoms with van der Waals surface area (Å²) in [6.45, 7) is 5.65. The lowest BCUT2D eigenvalue weighted by Gasteiger charge is -2.20. The minimum absolute atomic E-state index is 0.0816. The third-order valence-electron chi connectivity index (χ3n) is 7.08. The van der Waals surface area contributed by atoms with Crippen molar-refractivity contribution in [3.63, 3.8) is 0 Å². The highest BCUT2D eigenvalue weighted by Gasteiger charge is 2.30. The molecule has 10 nitrogen and oxygen atoms in total. The van der Waals surface area contributed by atoms with Gasteiger partial charge in [0.2, 0.25) is 5.91 Å². The van der Waals surface area contributed by atoms with Crippen molar-refractivity contribution < 1.29 is 19.1 Å². The summed E-state index contributed by atoms with van der Waals surface area (Å²) in [5, 5.41) is 17.5. The number of anilines is 1. The topological polar surface area (TPSA) is 113 Å². The number of fused-ring (bicyclic) bond motifs is 1. The smallest absolute Gasteiger partial charge is 0.341 e. The van der Waals surface area contributed by atoms with Crippen LogP contribution in [0.15, 0.2) is 17.4 Å². The Morgan fingerprint density at radius 3 is 2.87 bits per heavy atom. The Hall–Kier alpha value is -2.70. The van der Waals surface area contributed by atoms with Crippen LogP contribution in [0.3, 0.4) is 0 Å². The van der Waals surface area contributed by atoms with Gasteiger partial charge >= 0.3 is 5.97 Å². The number of carbonyl (C=O) groups is 2. The Labute approximate surface area is 230 Å². The number of carbonyl (C=O) groups excluding carboxylic acids is 2. The third-order valence-corrected chi connectivity index (χ3v) is 9.22. The normalized spacial score (nSPS) is 18.9. The number of rotatable bonds is 10. The summed E-state index contributed by atoms with van der Waals surface area (Å²) in [5.41, 5.74) is 2.29. The average molecular weight is 559 g/mol. The summed E-state index contributed by atoms with van der Waals surface area (Å²) in [6, 6.07) is 1.90. The number of esters is 1. The number of thioether (sulfide) groups is 1. The van der Waals surface area contributed by atoms with Crippen LogP contribution in [0.5, 0.6) is 0 Å². The number of ether oxygens (including phenoxy) is 2. The van der Waals surface area contributed by atoms with Gasteiger partial charge in [0.25, 0.3) is 0 Å². The van der Waals surface area contributed by atoms with Crippen LogP contribution in [0.1, 0.15) is 60.3 Å². The zero-order chi connectivity index (χ0) is 26.6. The number of hydrogen-bond donors (Lipinski definition) is 1. The van der Waals surface area contributed by atoms with E-state index in [1.807, 2.05) is 23.9 Å². The van der Waals surface area contributed by atoms with E-state index in [4.69, 9.17) is 9.47 Å². The van der Waals surface area contributed by atoms with Crippen LogP contribution >= 0.6 is 23.1 Å². The molecule has 1 aliphatic heterocycles. The lowest BCUT2D eigenvalue weighted by atomic mass is 9.85. The minimum Gasteiger partial charge on any atom is -0.462 e. The van der Waals surface area contributed by atoms with Gasteiger partial charge in [-0.1, -0.05) is 25.1 Å². The molecule has 2 atom stereocenters. The van der Waals surface area contributed by atoms with Crippen molar-refractivity contribution in [2.24, 2.45) is 13.0 Å². The Morgan fingerprint density at radius 2 is 2.16 bits per heavy atom. The summed E-state index contributed by atoms with van der Waals surface area (Å²) in [6.07, 6.45) is 7.89. The minimum atomic E-state index is -0.362. The number of hydrogen-bond acceptors (Lipinski definition) is 9. The molecule has 1 aliphatic carbocycles. The average Bonchev–Trinajstić information content (AvgIpc) is 3.70. The van der Waals surface area contributed by atoms with E-state index in [1.54, 1.807) is 11.6 Å². The highest BCUT2D eigenvalue weighted by atomic mass is 32.2. The molecule has 3 aromatic heterocycles. The molecular formula is C26H34N6O4S2. The molecule has 5 rings (SSSR count). The van der Waals surface area contributed by atoms with E-state index in [9.17, 15) is 9.59 Å². The first-order chi connectivity index (χ1) is 18.5. The van der Waals surface area contributed by atoms with Gasteiger partial charge in [-0.15, -0.1) is 21.5 Å². The molecule has 12 heteroatoms. The van der Waals surface area contributed by atoms with Crippen molar-refractivity contribution in [3.05, 3.63) is 28.3 Å². The third kappa shape index (κ3) is 5.81. The summed E-state index contributed by atoms with van der Waals surface area (Å²) in [5.74, 6) is 0.842. The molecule has 0 bridgehead atoms. The van der Waals surface area contributed by atoms with Gasteiger partial charge < -0.3 is 14.8 Å². The van der Waals surface area contributed by atoms with Crippen molar-refractivity contribution in [3.8, 4) is 11.5 Å². The van der Waals surface area contributed by atoms with Crippen molar-refractivity contribution in [2.75, 3.05) is 24.3 Å². The van der Waals surface area contributed by atoms with Crippen molar-refractivity contribution in [2.45, 2.75) is 70.2 Å². The Morgan fingerprint density at radius 1 is 1.29 bits per heavy atom. The largest absolute Gasteiger partial charge is 0.462 e. The second-order valence-corrected chi connectivity index (χ2v) is 11.8. The van der Waals surface area contributed by atoms with Gasteiger partial charge in [0, 0.05) is 24.7 Å². The van der Waals surface area contributed by atoms with Gasteiger partial charge in [-0.25, -0.2) is 4.79 Å². The molecule has 1 amide bonds. The monoisotopic (exact) mass is 558 g/mol. The first-order valence-electron chi connectivity index (χ1n) is 13.3. The molecule has 204 valence electrons. The number of nitrogens with one attached hydrogen (secondary N) is 1. The molecule has 4 heterocycles. The fourth-order valence-corrected chi connectivity index (χ4v) is 7.19. The van der Waals surface area contributed by atoms with Crippen LogP contribution < -0.4 is 5.32 Å². The predicted octanol–water partition coefficient (Wildman–Crippen LogP) is 4.34. The molecule has 1 saturated heterocycles. The maximum Gasteiger partial charge on any atom is 0.341 e. The standard InChI is InChI=1S/C26H34N6O4S2/c1-4-16-8-9-18-20(13-16)38-24(22(18)25(34)35-5-2)27-21(33)15-37-26-29-28-23(19-10-11-31(3)30-19)32(26)14-17-7-6-12-36-17/h10-11,16-17H,4-9,12-15H2,1-3H3,(H,27,33)/t16-,17-/m1/s1. The van der Waals surface area contributed by atoms with E-state index >= 15 is 0 Å². The lowest BCUT2D eigenvalue weighted by Crippen LogP contribution is -2.19. The van der Waals surface area contributed by atoms with Gasteiger partial charge in [-0.3, -0.25) is 14.0 Å². The molecule has 0 saturated carbocycles. The molecule has 1 N–H and O–H groups in total. The zero-order valence-electron chi connectivity index (χ0n) is 22.1. The quantitative estimate of drug-likeness (QED) is 0.289. The summed E-state index contributed by atoms with van der Waals surface area (Å²) < 4.78 is 14.9. The van der Waals surface area contributed by atoms with Gasteiger partial charge in [-0.2, -0.15) is 5.10 Å². The number of thiophene rings is 1. The Bertz CT molecular complexity index is 1290. The molecule has 0 radical (unpaired) electrons. The van der Waals surface area contributed by atoms with E-state index in [0.29, 0.717) is 40.6 Å². The Balaban J connectivity index is 1.32. The molecule has 1 fully saturated rings. The van der Waals surface area contributed by atoms with Crippen molar-refractivity contribution in [1.29, 1.82) is 0 Å². The van der Waals surface area contributed by atoms with Crippen LogP contribution in [0.25, 0.3) is 11.5 Å². The van der Waals surface area contributed by atoms with Gasteiger partial charge in [-0.05, 0) is 56.6 Å². The van der Waals surface area contributed by atoms with Crippen LogP contribution in [0.4, 0.5) is 5.00 Å². The first-order valence-corrected chi connectivity index (χ1v) is 15.1. The maximum absolute atomic E-state index is 13.1. The van der Waals surface area contributed by atoms with Gasteiger partial charge in [0.05, 0.1) is 30.6 Å². The van der Waals surface area contributed by atoms with Crippen LogP contribution in [0, 0.1) is 5.92 Å². The van der Waals surface area contributed by atoms with E-state index in [-0.39, 0.29) is 23.7 Å². The predicted molar refractivity (Wildman–Crippen MR) is 147 cm³/mol. The molecule has 2 aliphatic rings.